The van der Waals surface area contributed by atoms with Crippen LogP contribution < -0.4 is 21.7 Å². The highest BCUT2D eigenvalue weighted by atomic mass is 15.0. The van der Waals surface area contributed by atoms with Gasteiger partial charge in [0, 0.05) is 53.5 Å². The van der Waals surface area contributed by atoms with Gasteiger partial charge in [0.15, 0.2) is 0 Å². The monoisotopic (exact) mass is 353 g/mol. The summed E-state index contributed by atoms with van der Waals surface area (Å²) in [4.78, 5) is 3.53. The maximum absolute atomic E-state index is 5.96. The van der Waals surface area contributed by atoms with Crippen LogP contribution in [0.2, 0.25) is 0 Å². The third-order valence-corrected chi connectivity index (χ3v) is 5.74. The van der Waals surface area contributed by atoms with Crippen LogP contribution in [0.4, 0.5) is 0 Å². The first-order valence-electron chi connectivity index (χ1n) is 10.0. The maximum atomic E-state index is 5.96. The Hall–Kier alpha value is -1.98. The first-order chi connectivity index (χ1) is 12.8. The fraction of sp³-hybridized carbons (Fsp3) is 0.524. The molecule has 6 N–H and O–H groups in total. The standard InChI is InChI=1S/C21H31N5/c22-15-6-8-16(9-7-15)24-11-3-10-23-13-17-12-19-18-4-1-2-5-20(18)26-21(19)14-25-17/h1-2,4-5,13,15-16,23-26H,3,6-12,14,22H2/b17-13+. The molecule has 1 fully saturated rings. The Labute approximate surface area is 155 Å². The molecule has 0 bridgehead atoms. The van der Waals surface area contributed by atoms with E-state index in [9.17, 15) is 0 Å². The smallest absolute Gasteiger partial charge is 0.0552 e. The van der Waals surface area contributed by atoms with Gasteiger partial charge in [0.2, 0.25) is 0 Å². The third kappa shape index (κ3) is 4.05. The van der Waals surface area contributed by atoms with Crippen LogP contribution in [0.15, 0.2) is 36.2 Å². The minimum atomic E-state index is 0.432. The van der Waals surface area contributed by atoms with Gasteiger partial charge in [-0.1, -0.05) is 18.2 Å². The van der Waals surface area contributed by atoms with Gasteiger partial charge in [0.05, 0.1) is 6.54 Å². The molecule has 0 spiro atoms. The summed E-state index contributed by atoms with van der Waals surface area (Å²) in [6.45, 7) is 2.96. The van der Waals surface area contributed by atoms with Crippen LogP contribution in [-0.4, -0.2) is 30.2 Å². The molecule has 140 valence electrons. The second-order valence-corrected chi connectivity index (χ2v) is 7.70. The predicted molar refractivity (Wildman–Crippen MR) is 108 cm³/mol. The molecule has 5 nitrogen and oxygen atoms in total. The molecular formula is C21H31N5. The van der Waals surface area contributed by atoms with Crippen molar-refractivity contribution in [1.29, 1.82) is 0 Å². The summed E-state index contributed by atoms with van der Waals surface area (Å²) in [5, 5.41) is 12.0. The third-order valence-electron chi connectivity index (χ3n) is 5.74. The van der Waals surface area contributed by atoms with E-state index in [4.69, 9.17) is 5.73 Å². The van der Waals surface area contributed by atoms with Crippen molar-refractivity contribution in [2.24, 2.45) is 5.73 Å². The highest BCUT2D eigenvalue weighted by Crippen LogP contribution is 2.27. The zero-order valence-electron chi connectivity index (χ0n) is 15.5. The first kappa shape index (κ1) is 17.4. The average Bonchev–Trinajstić information content (AvgIpc) is 3.04. The van der Waals surface area contributed by atoms with Gasteiger partial charge in [-0.3, -0.25) is 0 Å². The van der Waals surface area contributed by atoms with Crippen molar-refractivity contribution in [2.45, 2.75) is 57.2 Å². The zero-order valence-corrected chi connectivity index (χ0v) is 15.5. The molecule has 1 saturated carbocycles. The summed E-state index contributed by atoms with van der Waals surface area (Å²) in [7, 11) is 0. The van der Waals surface area contributed by atoms with E-state index in [1.807, 2.05) is 0 Å². The van der Waals surface area contributed by atoms with Gasteiger partial charge in [0.1, 0.15) is 0 Å². The van der Waals surface area contributed by atoms with E-state index in [0.717, 1.165) is 32.5 Å². The molecule has 0 atom stereocenters. The number of fused-ring (bicyclic) bond motifs is 3. The summed E-state index contributed by atoms with van der Waals surface area (Å²) in [6, 6.07) is 9.68. The molecule has 2 aliphatic rings. The van der Waals surface area contributed by atoms with Crippen LogP contribution in [0.3, 0.4) is 0 Å². The van der Waals surface area contributed by atoms with Gasteiger partial charge in [0.25, 0.3) is 0 Å². The topological polar surface area (TPSA) is 77.9 Å². The SMILES string of the molecule is NC1CCC(NCCCN/C=C2\Cc3c([nH]c4ccccc34)CN2)CC1. The van der Waals surface area contributed by atoms with Crippen LogP contribution in [-0.2, 0) is 13.0 Å². The van der Waals surface area contributed by atoms with Gasteiger partial charge in [-0.25, -0.2) is 0 Å². The molecule has 4 rings (SSSR count). The van der Waals surface area contributed by atoms with E-state index in [1.54, 1.807) is 0 Å². The van der Waals surface area contributed by atoms with Gasteiger partial charge in [-0.05, 0) is 50.3 Å². The van der Waals surface area contributed by atoms with Crippen LogP contribution in [0.25, 0.3) is 10.9 Å². The molecule has 0 amide bonds. The van der Waals surface area contributed by atoms with Crippen molar-refractivity contribution >= 4 is 10.9 Å². The Morgan fingerprint density at radius 2 is 1.96 bits per heavy atom. The number of H-pyrrole nitrogens is 1. The second kappa shape index (κ2) is 8.14. The van der Waals surface area contributed by atoms with Crippen molar-refractivity contribution in [3.8, 4) is 0 Å². The molecule has 26 heavy (non-hydrogen) atoms. The van der Waals surface area contributed by atoms with Crippen LogP contribution in [0.1, 0.15) is 43.4 Å². The summed E-state index contributed by atoms with van der Waals surface area (Å²) in [5.41, 5.74) is 11.2. The Kier molecular flexibility index (Phi) is 5.46. The lowest BCUT2D eigenvalue weighted by molar-refractivity contribution is 0.342. The van der Waals surface area contributed by atoms with Crippen LogP contribution >= 0.6 is 0 Å². The lowest BCUT2D eigenvalue weighted by atomic mass is 9.92. The van der Waals surface area contributed by atoms with Gasteiger partial charge >= 0.3 is 0 Å². The Balaban J connectivity index is 1.20. The van der Waals surface area contributed by atoms with Crippen molar-refractivity contribution in [3.05, 3.63) is 47.4 Å². The van der Waals surface area contributed by atoms with E-state index in [2.05, 4.69) is 51.4 Å². The van der Waals surface area contributed by atoms with Crippen molar-refractivity contribution in [1.82, 2.24) is 20.9 Å². The van der Waals surface area contributed by atoms with E-state index in [-0.39, 0.29) is 0 Å². The van der Waals surface area contributed by atoms with Crippen molar-refractivity contribution in [3.63, 3.8) is 0 Å². The second-order valence-electron chi connectivity index (χ2n) is 7.70. The molecule has 2 heterocycles. The molecule has 1 aromatic carbocycles. The molecule has 0 radical (unpaired) electrons. The number of nitrogens with one attached hydrogen (secondary N) is 4. The highest BCUT2D eigenvalue weighted by molar-refractivity contribution is 5.85. The molecule has 1 aliphatic heterocycles. The lowest BCUT2D eigenvalue weighted by Crippen LogP contribution is -2.38. The summed E-state index contributed by atoms with van der Waals surface area (Å²) >= 11 is 0. The van der Waals surface area contributed by atoms with Crippen LogP contribution in [0, 0.1) is 0 Å². The molecular weight excluding hydrogens is 322 g/mol. The number of rotatable bonds is 6. The molecule has 0 saturated heterocycles. The molecule has 1 aromatic heterocycles. The quantitative estimate of drug-likeness (QED) is 0.517. The molecule has 5 heteroatoms. The van der Waals surface area contributed by atoms with Gasteiger partial charge in [-0.2, -0.15) is 0 Å². The maximum Gasteiger partial charge on any atom is 0.0552 e. The number of aromatic nitrogens is 1. The Morgan fingerprint density at radius 1 is 1.12 bits per heavy atom. The molecule has 0 unspecified atom stereocenters. The predicted octanol–water partition coefficient (Wildman–Crippen LogP) is 2.49. The minimum Gasteiger partial charge on any atom is -0.389 e. The molecule has 2 aromatic rings. The Bertz CT molecular complexity index is 755. The van der Waals surface area contributed by atoms with Crippen molar-refractivity contribution in [2.75, 3.05) is 13.1 Å². The highest BCUT2D eigenvalue weighted by Gasteiger charge is 2.18. The number of para-hydroxylation sites is 1. The normalized spacial score (nSPS) is 24.4. The fourth-order valence-corrected chi connectivity index (χ4v) is 4.18. The van der Waals surface area contributed by atoms with Crippen LogP contribution in [0.5, 0.6) is 0 Å². The number of benzene rings is 1. The summed E-state index contributed by atoms with van der Waals surface area (Å²) < 4.78 is 0. The number of hydrogen-bond donors (Lipinski definition) is 5. The minimum absolute atomic E-state index is 0.432. The lowest BCUT2D eigenvalue weighted by Gasteiger charge is -2.26. The van der Waals surface area contributed by atoms with E-state index < -0.39 is 0 Å². The molecule has 1 aliphatic carbocycles. The largest absolute Gasteiger partial charge is 0.389 e. The summed E-state index contributed by atoms with van der Waals surface area (Å²) in [5.74, 6) is 0. The number of nitrogens with two attached hydrogens (primary N) is 1. The van der Waals surface area contributed by atoms with E-state index in [0.29, 0.717) is 12.1 Å². The number of allylic oxidation sites excluding steroid dienone is 1. The number of hydrogen-bond acceptors (Lipinski definition) is 4. The van der Waals surface area contributed by atoms with E-state index >= 15 is 0 Å². The summed E-state index contributed by atoms with van der Waals surface area (Å²) in [6.07, 6.45) is 9.07. The first-order valence-corrected chi connectivity index (χ1v) is 10.0. The van der Waals surface area contributed by atoms with Crippen molar-refractivity contribution < 1.29 is 0 Å². The Morgan fingerprint density at radius 3 is 2.85 bits per heavy atom. The average molecular weight is 354 g/mol. The fourth-order valence-electron chi connectivity index (χ4n) is 4.18. The zero-order chi connectivity index (χ0) is 17.8. The number of aromatic amines is 1. The van der Waals surface area contributed by atoms with Gasteiger partial charge < -0.3 is 26.7 Å². The van der Waals surface area contributed by atoms with Gasteiger partial charge in [-0.15, -0.1) is 0 Å². The van der Waals surface area contributed by atoms with E-state index in [1.165, 1.54) is 53.5 Å².